The quantitative estimate of drug-likeness (QED) is 0.867. The predicted molar refractivity (Wildman–Crippen MR) is 76.5 cm³/mol. The Morgan fingerprint density at radius 1 is 1.26 bits per heavy atom. The monoisotopic (exact) mass is 282 g/mol. The molecular formula is C14H22N2O2S. The van der Waals surface area contributed by atoms with Crippen molar-refractivity contribution in [3.05, 3.63) is 29.3 Å². The third kappa shape index (κ3) is 3.55. The van der Waals surface area contributed by atoms with E-state index in [0.29, 0.717) is 11.4 Å². The summed E-state index contributed by atoms with van der Waals surface area (Å²) in [6, 6.07) is 5.43. The van der Waals surface area contributed by atoms with Crippen molar-refractivity contribution in [2.24, 2.45) is 0 Å². The predicted octanol–water partition coefficient (Wildman–Crippen LogP) is 1.94. The Morgan fingerprint density at radius 3 is 2.58 bits per heavy atom. The van der Waals surface area contributed by atoms with Crippen LogP contribution in [0.4, 0.5) is 0 Å². The molecule has 5 heteroatoms. The van der Waals surface area contributed by atoms with E-state index in [-0.39, 0.29) is 6.04 Å². The highest BCUT2D eigenvalue weighted by Crippen LogP contribution is 2.21. The molecule has 0 amide bonds. The second kappa shape index (κ2) is 6.03. The summed E-state index contributed by atoms with van der Waals surface area (Å²) in [5, 5.41) is 3.06. The molecule has 0 aliphatic heterocycles. The maximum atomic E-state index is 12.3. The summed E-state index contributed by atoms with van der Waals surface area (Å²) >= 11 is 0. The molecule has 0 radical (unpaired) electrons. The number of aryl methyl sites for hydroxylation is 1. The number of benzene rings is 1. The first-order chi connectivity index (χ1) is 9.03. The minimum atomic E-state index is -3.38. The molecule has 0 spiro atoms. The Labute approximate surface area is 115 Å². The Bertz CT molecular complexity index is 534. The van der Waals surface area contributed by atoms with Gasteiger partial charge >= 0.3 is 0 Å². The lowest BCUT2D eigenvalue weighted by molar-refractivity contribution is 0.552. The fourth-order valence-corrected chi connectivity index (χ4v) is 3.88. The van der Waals surface area contributed by atoms with Crippen molar-refractivity contribution in [3.63, 3.8) is 0 Å². The molecule has 2 N–H and O–H groups in total. The highest BCUT2D eigenvalue weighted by atomic mass is 32.2. The number of hydrogen-bond acceptors (Lipinski definition) is 3. The molecule has 0 atom stereocenters. The van der Waals surface area contributed by atoms with Gasteiger partial charge in [-0.2, -0.15) is 0 Å². The molecule has 1 saturated carbocycles. The second-order valence-electron chi connectivity index (χ2n) is 5.22. The molecule has 0 aromatic heterocycles. The summed E-state index contributed by atoms with van der Waals surface area (Å²) in [7, 11) is -1.52. The number of nitrogens with one attached hydrogen (secondary N) is 2. The number of rotatable bonds is 5. The first kappa shape index (κ1) is 14.5. The van der Waals surface area contributed by atoms with E-state index in [1.807, 2.05) is 20.0 Å². The normalized spacial score (nSPS) is 16.9. The zero-order valence-electron chi connectivity index (χ0n) is 11.6. The molecule has 1 aromatic rings. The molecule has 2 rings (SSSR count). The maximum absolute atomic E-state index is 12.3. The zero-order chi connectivity index (χ0) is 13.9. The van der Waals surface area contributed by atoms with Gasteiger partial charge in [0.1, 0.15) is 0 Å². The van der Waals surface area contributed by atoms with Crippen LogP contribution in [0.5, 0.6) is 0 Å². The minimum absolute atomic E-state index is 0.110. The van der Waals surface area contributed by atoms with Gasteiger partial charge in [-0.25, -0.2) is 13.1 Å². The van der Waals surface area contributed by atoms with E-state index in [0.717, 1.165) is 36.8 Å². The lowest BCUT2D eigenvalue weighted by Gasteiger charge is -2.14. The molecule has 1 aliphatic carbocycles. The van der Waals surface area contributed by atoms with Crippen molar-refractivity contribution in [2.45, 2.75) is 50.1 Å². The molecule has 0 heterocycles. The van der Waals surface area contributed by atoms with Crippen LogP contribution in [0.25, 0.3) is 0 Å². The van der Waals surface area contributed by atoms with E-state index in [4.69, 9.17) is 0 Å². The van der Waals surface area contributed by atoms with Crippen molar-refractivity contribution in [3.8, 4) is 0 Å². The molecular weight excluding hydrogens is 260 g/mol. The van der Waals surface area contributed by atoms with Gasteiger partial charge in [0.2, 0.25) is 10.0 Å². The Kier molecular flexibility index (Phi) is 4.60. The largest absolute Gasteiger partial charge is 0.316 e. The van der Waals surface area contributed by atoms with E-state index in [9.17, 15) is 8.42 Å². The summed E-state index contributed by atoms with van der Waals surface area (Å²) in [6.45, 7) is 2.67. The zero-order valence-corrected chi connectivity index (χ0v) is 12.4. The van der Waals surface area contributed by atoms with Gasteiger partial charge in [0.15, 0.2) is 0 Å². The topological polar surface area (TPSA) is 58.2 Å². The summed E-state index contributed by atoms with van der Waals surface area (Å²) < 4.78 is 27.5. The first-order valence-corrected chi connectivity index (χ1v) is 8.28. The minimum Gasteiger partial charge on any atom is -0.316 e. The molecule has 0 bridgehead atoms. The maximum Gasteiger partial charge on any atom is 0.240 e. The molecule has 106 valence electrons. The second-order valence-corrected chi connectivity index (χ2v) is 6.94. The van der Waals surface area contributed by atoms with E-state index in [1.54, 1.807) is 12.1 Å². The third-order valence-corrected chi connectivity index (χ3v) is 5.19. The smallest absolute Gasteiger partial charge is 0.240 e. The molecule has 19 heavy (non-hydrogen) atoms. The van der Waals surface area contributed by atoms with Gasteiger partial charge in [-0.1, -0.05) is 18.9 Å². The SMILES string of the molecule is CNCc1cc(S(=O)(=O)NC2CCCC2)ccc1C. The van der Waals surface area contributed by atoms with E-state index < -0.39 is 10.0 Å². The Hall–Kier alpha value is -0.910. The van der Waals surface area contributed by atoms with E-state index in [2.05, 4.69) is 10.0 Å². The molecule has 1 aliphatic rings. The van der Waals surface area contributed by atoms with Crippen LogP contribution in [-0.2, 0) is 16.6 Å². The van der Waals surface area contributed by atoms with Crippen LogP contribution >= 0.6 is 0 Å². The van der Waals surface area contributed by atoms with Crippen LogP contribution < -0.4 is 10.0 Å². The van der Waals surface area contributed by atoms with Crippen molar-refractivity contribution in [1.82, 2.24) is 10.0 Å². The standard InChI is InChI=1S/C14H22N2O2S/c1-11-7-8-14(9-12(11)10-15-2)19(17,18)16-13-5-3-4-6-13/h7-9,13,15-16H,3-6,10H2,1-2H3. The lowest BCUT2D eigenvalue weighted by atomic mass is 10.1. The van der Waals surface area contributed by atoms with Crippen LogP contribution in [0.1, 0.15) is 36.8 Å². The van der Waals surface area contributed by atoms with Crippen LogP contribution in [0.3, 0.4) is 0 Å². The summed E-state index contributed by atoms with van der Waals surface area (Å²) in [6.07, 6.45) is 4.14. The van der Waals surface area contributed by atoms with Gasteiger partial charge < -0.3 is 5.32 Å². The van der Waals surface area contributed by atoms with Crippen LogP contribution in [0.15, 0.2) is 23.1 Å². The highest BCUT2D eigenvalue weighted by Gasteiger charge is 2.23. The third-order valence-electron chi connectivity index (χ3n) is 3.68. The fraction of sp³-hybridized carbons (Fsp3) is 0.571. The van der Waals surface area contributed by atoms with Crippen molar-refractivity contribution in [2.75, 3.05) is 7.05 Å². The summed E-state index contributed by atoms with van der Waals surface area (Å²) in [4.78, 5) is 0.371. The summed E-state index contributed by atoms with van der Waals surface area (Å²) in [5.74, 6) is 0. The van der Waals surface area contributed by atoms with Gasteiger partial charge in [-0.05, 0) is 50.1 Å². The van der Waals surface area contributed by atoms with Gasteiger partial charge in [0.05, 0.1) is 4.90 Å². The van der Waals surface area contributed by atoms with Gasteiger partial charge in [0, 0.05) is 12.6 Å². The Balaban J connectivity index is 2.21. The van der Waals surface area contributed by atoms with Gasteiger partial charge in [-0.3, -0.25) is 0 Å². The van der Waals surface area contributed by atoms with Gasteiger partial charge in [0.25, 0.3) is 0 Å². The highest BCUT2D eigenvalue weighted by molar-refractivity contribution is 7.89. The average Bonchev–Trinajstić information content (AvgIpc) is 2.84. The Morgan fingerprint density at radius 2 is 1.95 bits per heavy atom. The molecule has 0 unspecified atom stereocenters. The van der Waals surface area contributed by atoms with Gasteiger partial charge in [-0.15, -0.1) is 0 Å². The lowest BCUT2D eigenvalue weighted by Crippen LogP contribution is -2.32. The first-order valence-electron chi connectivity index (χ1n) is 6.79. The molecule has 1 aromatic carbocycles. The molecule has 4 nitrogen and oxygen atoms in total. The van der Waals surface area contributed by atoms with Crippen molar-refractivity contribution in [1.29, 1.82) is 0 Å². The van der Waals surface area contributed by atoms with Crippen LogP contribution in [-0.4, -0.2) is 21.5 Å². The van der Waals surface area contributed by atoms with E-state index in [1.165, 1.54) is 0 Å². The van der Waals surface area contributed by atoms with Crippen molar-refractivity contribution >= 4 is 10.0 Å². The molecule has 0 saturated heterocycles. The van der Waals surface area contributed by atoms with Crippen molar-refractivity contribution < 1.29 is 8.42 Å². The number of sulfonamides is 1. The summed E-state index contributed by atoms with van der Waals surface area (Å²) in [5.41, 5.74) is 2.13. The van der Waals surface area contributed by atoms with E-state index >= 15 is 0 Å². The van der Waals surface area contributed by atoms with Crippen LogP contribution in [0, 0.1) is 6.92 Å². The fourth-order valence-electron chi connectivity index (χ4n) is 2.53. The molecule has 1 fully saturated rings. The average molecular weight is 282 g/mol. The van der Waals surface area contributed by atoms with Crippen LogP contribution in [0.2, 0.25) is 0 Å². The number of hydrogen-bond donors (Lipinski definition) is 2.